The summed E-state index contributed by atoms with van der Waals surface area (Å²) in [6.07, 6.45) is 4.82. The molecule has 0 spiro atoms. The van der Waals surface area contributed by atoms with Crippen molar-refractivity contribution in [3.63, 3.8) is 0 Å². The number of nitrogens with one attached hydrogen (secondary N) is 1. The number of carbonyl (C=O) groups is 3. The van der Waals surface area contributed by atoms with Gasteiger partial charge in [0.2, 0.25) is 11.8 Å². The number of hydrogen-bond donors (Lipinski definition) is 1. The molecule has 0 bridgehead atoms. The number of piperidine rings is 1. The monoisotopic (exact) mass is 476 g/mol. The van der Waals surface area contributed by atoms with Crippen molar-refractivity contribution in [1.29, 1.82) is 0 Å². The largest absolute Gasteiger partial charge is 0.496 e. The molecule has 8 nitrogen and oxygen atoms in total. The van der Waals surface area contributed by atoms with E-state index in [0.29, 0.717) is 23.5 Å². The maximum Gasteiger partial charge on any atom is 0.253 e. The Hall–Kier alpha value is -3.55. The number of nitrogens with zero attached hydrogens (tertiary/aromatic N) is 3. The van der Waals surface area contributed by atoms with Gasteiger partial charge in [0.25, 0.3) is 5.91 Å². The van der Waals surface area contributed by atoms with Crippen molar-refractivity contribution >= 4 is 29.1 Å². The smallest absolute Gasteiger partial charge is 0.253 e. The van der Waals surface area contributed by atoms with E-state index in [-0.39, 0.29) is 30.3 Å². The zero-order chi connectivity index (χ0) is 24.4. The molecule has 8 heteroatoms. The molecule has 0 saturated carbocycles. The van der Waals surface area contributed by atoms with E-state index in [2.05, 4.69) is 10.2 Å². The van der Waals surface area contributed by atoms with Gasteiger partial charge in [-0.15, -0.1) is 0 Å². The Bertz CT molecular complexity index is 1130. The lowest BCUT2D eigenvalue weighted by Gasteiger charge is -2.45. The first-order chi connectivity index (χ1) is 17.1. The van der Waals surface area contributed by atoms with E-state index >= 15 is 0 Å². The predicted octanol–water partition coefficient (Wildman–Crippen LogP) is 2.95. The summed E-state index contributed by atoms with van der Waals surface area (Å²) in [4.78, 5) is 45.2. The number of carbonyl (C=O) groups excluding carboxylic acids is 3. The molecule has 5 rings (SSSR count). The number of rotatable bonds is 6. The highest BCUT2D eigenvalue weighted by molar-refractivity contribution is 6.09. The summed E-state index contributed by atoms with van der Waals surface area (Å²) >= 11 is 0. The molecule has 3 heterocycles. The van der Waals surface area contributed by atoms with Crippen LogP contribution in [0.5, 0.6) is 5.75 Å². The van der Waals surface area contributed by atoms with Crippen LogP contribution in [0.3, 0.4) is 0 Å². The predicted molar refractivity (Wildman–Crippen MR) is 134 cm³/mol. The van der Waals surface area contributed by atoms with Crippen LogP contribution in [0.15, 0.2) is 42.5 Å². The van der Waals surface area contributed by atoms with E-state index in [1.165, 1.54) is 0 Å². The minimum absolute atomic E-state index is 0.0147. The highest BCUT2D eigenvalue weighted by atomic mass is 16.5. The van der Waals surface area contributed by atoms with E-state index in [9.17, 15) is 14.4 Å². The van der Waals surface area contributed by atoms with Gasteiger partial charge in [0.1, 0.15) is 18.3 Å². The van der Waals surface area contributed by atoms with Crippen molar-refractivity contribution in [3.8, 4) is 5.75 Å². The molecule has 2 aromatic rings. The van der Waals surface area contributed by atoms with Crippen molar-refractivity contribution in [1.82, 2.24) is 10.2 Å². The first kappa shape index (κ1) is 23.2. The lowest BCUT2D eigenvalue weighted by atomic mass is 9.95. The Kier molecular flexibility index (Phi) is 6.61. The summed E-state index contributed by atoms with van der Waals surface area (Å²) in [5.74, 6) is 0.361. The highest BCUT2D eigenvalue weighted by Gasteiger charge is 2.40. The van der Waals surface area contributed by atoms with Crippen LogP contribution < -0.4 is 19.9 Å². The average molecular weight is 477 g/mol. The van der Waals surface area contributed by atoms with Gasteiger partial charge in [-0.05, 0) is 56.4 Å². The van der Waals surface area contributed by atoms with Crippen LogP contribution in [0, 0.1) is 0 Å². The molecule has 2 fully saturated rings. The first-order valence-corrected chi connectivity index (χ1v) is 12.5. The fourth-order valence-electron chi connectivity index (χ4n) is 5.40. The van der Waals surface area contributed by atoms with Crippen molar-refractivity contribution in [3.05, 3.63) is 53.6 Å². The number of anilines is 2. The zero-order valence-corrected chi connectivity index (χ0v) is 20.2. The Morgan fingerprint density at radius 2 is 1.77 bits per heavy atom. The molecule has 0 unspecified atom stereocenters. The molecule has 1 N–H and O–H groups in total. The molecule has 1 atom stereocenters. The van der Waals surface area contributed by atoms with Gasteiger partial charge in [0.15, 0.2) is 0 Å². The van der Waals surface area contributed by atoms with Gasteiger partial charge in [0.05, 0.1) is 18.5 Å². The number of para-hydroxylation sites is 1. The van der Waals surface area contributed by atoms with Gasteiger partial charge in [-0.1, -0.05) is 18.2 Å². The molecule has 3 aliphatic rings. The van der Waals surface area contributed by atoms with Gasteiger partial charge in [-0.25, -0.2) is 0 Å². The van der Waals surface area contributed by atoms with Gasteiger partial charge in [0, 0.05) is 37.3 Å². The van der Waals surface area contributed by atoms with Crippen LogP contribution in [-0.4, -0.2) is 62.0 Å². The second kappa shape index (κ2) is 9.98. The van der Waals surface area contributed by atoms with Crippen LogP contribution in [0.4, 0.5) is 11.4 Å². The van der Waals surface area contributed by atoms with Crippen molar-refractivity contribution < 1.29 is 19.1 Å². The fourth-order valence-corrected chi connectivity index (χ4v) is 5.40. The van der Waals surface area contributed by atoms with Gasteiger partial charge in [-0.2, -0.15) is 0 Å². The molecule has 0 aromatic heterocycles. The number of methoxy groups -OCH3 is 1. The molecule has 0 aliphatic carbocycles. The van der Waals surface area contributed by atoms with Gasteiger partial charge >= 0.3 is 0 Å². The second-order valence-corrected chi connectivity index (χ2v) is 9.42. The van der Waals surface area contributed by atoms with Crippen LogP contribution in [-0.2, 0) is 16.1 Å². The molecular weight excluding hydrogens is 444 g/mol. The van der Waals surface area contributed by atoms with Crippen molar-refractivity contribution in [2.24, 2.45) is 0 Å². The van der Waals surface area contributed by atoms with E-state index in [4.69, 9.17) is 4.74 Å². The van der Waals surface area contributed by atoms with E-state index in [1.807, 2.05) is 41.3 Å². The summed E-state index contributed by atoms with van der Waals surface area (Å²) in [6.45, 7) is 2.54. The van der Waals surface area contributed by atoms with E-state index in [1.54, 1.807) is 18.1 Å². The molecule has 2 saturated heterocycles. The fraction of sp³-hybridized carbons (Fsp3) is 0.444. The third kappa shape index (κ3) is 4.57. The molecule has 184 valence electrons. The Morgan fingerprint density at radius 1 is 1.00 bits per heavy atom. The normalized spacial score (nSPS) is 19.3. The minimum atomic E-state index is -0.265. The number of fused-ring (bicyclic) bond motifs is 3. The van der Waals surface area contributed by atoms with Crippen LogP contribution in [0.1, 0.15) is 48.0 Å². The molecule has 2 aromatic carbocycles. The summed E-state index contributed by atoms with van der Waals surface area (Å²) in [5.41, 5.74) is 2.99. The van der Waals surface area contributed by atoms with Crippen molar-refractivity contribution in [2.45, 2.75) is 44.7 Å². The summed E-state index contributed by atoms with van der Waals surface area (Å²) in [6, 6.07) is 12.9. The minimum Gasteiger partial charge on any atom is -0.496 e. The standard InChI is InChI=1S/C27H32N4O4/c1-35-24-10-3-2-8-20(24)17-28-25(32)18-31-23-16-19(26(33)29-13-6-7-14-29)11-12-21(23)30-15-5-4-9-22(30)27(31)34/h2-3,8,10-12,16,22H,4-7,9,13-15,17-18H2,1H3,(H,28,32)/t22-/m1/s1. The number of benzene rings is 2. The maximum atomic E-state index is 13.6. The van der Waals surface area contributed by atoms with Crippen molar-refractivity contribution in [2.75, 3.05) is 43.1 Å². The first-order valence-electron chi connectivity index (χ1n) is 12.5. The van der Waals surface area contributed by atoms with Crippen LogP contribution in [0.2, 0.25) is 0 Å². The highest BCUT2D eigenvalue weighted by Crippen LogP contribution is 2.40. The average Bonchev–Trinajstić information content (AvgIpc) is 3.44. The summed E-state index contributed by atoms with van der Waals surface area (Å²) in [5, 5.41) is 2.92. The summed E-state index contributed by atoms with van der Waals surface area (Å²) in [7, 11) is 1.60. The molecular formula is C27H32N4O4. The number of hydrogen-bond acceptors (Lipinski definition) is 5. The lowest BCUT2D eigenvalue weighted by molar-refractivity contribution is -0.125. The number of amides is 3. The molecule has 3 amide bonds. The van der Waals surface area contributed by atoms with Crippen LogP contribution >= 0.6 is 0 Å². The molecule has 35 heavy (non-hydrogen) atoms. The third-order valence-corrected chi connectivity index (χ3v) is 7.24. The van der Waals surface area contributed by atoms with Gasteiger partial charge < -0.3 is 19.9 Å². The summed E-state index contributed by atoms with van der Waals surface area (Å²) < 4.78 is 5.37. The zero-order valence-electron chi connectivity index (χ0n) is 20.2. The lowest BCUT2D eigenvalue weighted by Crippen LogP contribution is -2.57. The Morgan fingerprint density at radius 3 is 2.57 bits per heavy atom. The third-order valence-electron chi connectivity index (χ3n) is 7.24. The maximum absolute atomic E-state index is 13.6. The SMILES string of the molecule is COc1ccccc1CNC(=O)CN1C(=O)[C@H]2CCCCN2c2ccc(C(=O)N3CCCC3)cc21. The Balaban J connectivity index is 1.40. The van der Waals surface area contributed by atoms with Gasteiger partial charge in [-0.3, -0.25) is 19.3 Å². The number of ether oxygens (including phenoxy) is 1. The second-order valence-electron chi connectivity index (χ2n) is 9.42. The molecule has 0 radical (unpaired) electrons. The van der Waals surface area contributed by atoms with E-state index < -0.39 is 0 Å². The Labute approximate surface area is 205 Å². The molecule has 3 aliphatic heterocycles. The number of likely N-dealkylation sites (tertiary alicyclic amines) is 1. The topological polar surface area (TPSA) is 82.2 Å². The van der Waals surface area contributed by atoms with E-state index in [0.717, 1.165) is 63.0 Å². The van der Waals surface area contributed by atoms with Crippen LogP contribution in [0.25, 0.3) is 0 Å². The quantitative estimate of drug-likeness (QED) is 0.693.